The van der Waals surface area contributed by atoms with Crippen molar-refractivity contribution in [1.29, 1.82) is 0 Å². The van der Waals surface area contributed by atoms with Crippen LogP contribution in [-0.2, 0) is 9.53 Å². The topological polar surface area (TPSA) is 52.3 Å². The fraction of sp³-hybridized carbons (Fsp3) is 0.667. The zero-order chi connectivity index (χ0) is 8.72. The molecule has 1 fully saturated rings. The molecule has 0 saturated heterocycles. The Labute approximate surface area is 71.6 Å². The third kappa shape index (κ3) is 0.894. The van der Waals surface area contributed by atoms with Crippen LogP contribution in [0.3, 0.4) is 0 Å². The largest absolute Gasteiger partial charge is 0.469 e. The summed E-state index contributed by atoms with van der Waals surface area (Å²) in [5, 5.41) is 0. The molecule has 2 aliphatic carbocycles. The SMILES string of the molecule is COC(=O)[C@@H]1[C@@H](N)[C@H]2C=C[C@@H]1C2. The Morgan fingerprint density at radius 1 is 1.50 bits per heavy atom. The van der Waals surface area contributed by atoms with Crippen molar-refractivity contribution < 1.29 is 9.53 Å². The van der Waals surface area contributed by atoms with E-state index < -0.39 is 0 Å². The van der Waals surface area contributed by atoms with E-state index in [1.807, 2.05) is 0 Å². The van der Waals surface area contributed by atoms with E-state index >= 15 is 0 Å². The fourth-order valence-electron chi connectivity index (χ4n) is 2.33. The highest BCUT2D eigenvalue weighted by molar-refractivity contribution is 5.75. The maximum absolute atomic E-state index is 11.3. The van der Waals surface area contributed by atoms with Gasteiger partial charge in [0.05, 0.1) is 13.0 Å². The van der Waals surface area contributed by atoms with Crippen molar-refractivity contribution in [2.45, 2.75) is 12.5 Å². The maximum Gasteiger partial charge on any atom is 0.310 e. The van der Waals surface area contributed by atoms with Gasteiger partial charge in [-0.25, -0.2) is 0 Å². The molecule has 0 aliphatic heterocycles. The van der Waals surface area contributed by atoms with Gasteiger partial charge in [-0.2, -0.15) is 0 Å². The third-order valence-corrected chi connectivity index (χ3v) is 2.99. The Balaban J connectivity index is 2.18. The molecular formula is C9H13NO2. The van der Waals surface area contributed by atoms with E-state index in [2.05, 4.69) is 12.2 Å². The average Bonchev–Trinajstić information content (AvgIpc) is 2.63. The summed E-state index contributed by atoms with van der Waals surface area (Å²) in [5.41, 5.74) is 5.89. The first kappa shape index (κ1) is 7.80. The molecule has 0 unspecified atom stereocenters. The monoisotopic (exact) mass is 167 g/mol. The molecule has 2 aliphatic rings. The summed E-state index contributed by atoms with van der Waals surface area (Å²) in [6.07, 6.45) is 5.24. The van der Waals surface area contributed by atoms with Crippen molar-refractivity contribution in [3.05, 3.63) is 12.2 Å². The highest BCUT2D eigenvalue weighted by Gasteiger charge is 2.46. The Morgan fingerprint density at radius 3 is 2.67 bits per heavy atom. The third-order valence-electron chi connectivity index (χ3n) is 2.99. The summed E-state index contributed by atoms with van der Waals surface area (Å²) in [5.74, 6) is 0.487. The Bertz CT molecular complexity index is 237. The molecule has 1 saturated carbocycles. The van der Waals surface area contributed by atoms with Gasteiger partial charge in [0.2, 0.25) is 0 Å². The van der Waals surface area contributed by atoms with Gasteiger partial charge in [0.15, 0.2) is 0 Å². The van der Waals surface area contributed by atoms with Crippen LogP contribution in [0.15, 0.2) is 12.2 Å². The quantitative estimate of drug-likeness (QED) is 0.451. The molecule has 4 atom stereocenters. The number of hydrogen-bond donors (Lipinski definition) is 1. The van der Waals surface area contributed by atoms with E-state index in [-0.39, 0.29) is 17.9 Å². The van der Waals surface area contributed by atoms with Crippen LogP contribution < -0.4 is 5.73 Å². The maximum atomic E-state index is 11.3. The van der Waals surface area contributed by atoms with Crippen LogP contribution in [0, 0.1) is 17.8 Å². The molecule has 3 nitrogen and oxygen atoms in total. The van der Waals surface area contributed by atoms with Crippen LogP contribution >= 0.6 is 0 Å². The van der Waals surface area contributed by atoms with Gasteiger partial charge in [-0.05, 0) is 18.3 Å². The molecule has 0 aromatic rings. The smallest absolute Gasteiger partial charge is 0.310 e. The number of esters is 1. The molecule has 0 radical (unpaired) electrons. The van der Waals surface area contributed by atoms with Crippen molar-refractivity contribution in [2.24, 2.45) is 23.5 Å². The van der Waals surface area contributed by atoms with Crippen molar-refractivity contribution in [3.8, 4) is 0 Å². The van der Waals surface area contributed by atoms with Gasteiger partial charge in [-0.3, -0.25) is 4.79 Å². The molecule has 3 heteroatoms. The molecule has 0 heterocycles. The molecule has 2 rings (SSSR count). The number of carbonyl (C=O) groups is 1. The van der Waals surface area contributed by atoms with Gasteiger partial charge in [-0.1, -0.05) is 12.2 Å². The van der Waals surface area contributed by atoms with E-state index in [0.717, 1.165) is 6.42 Å². The lowest BCUT2D eigenvalue weighted by molar-refractivity contribution is -0.146. The summed E-state index contributed by atoms with van der Waals surface area (Å²) >= 11 is 0. The summed E-state index contributed by atoms with van der Waals surface area (Å²) in [6.45, 7) is 0. The summed E-state index contributed by atoms with van der Waals surface area (Å²) in [4.78, 5) is 11.3. The molecule has 0 aromatic carbocycles. The lowest BCUT2D eigenvalue weighted by Gasteiger charge is -2.21. The zero-order valence-corrected chi connectivity index (χ0v) is 7.07. The van der Waals surface area contributed by atoms with Crippen LogP contribution in [0.25, 0.3) is 0 Å². The lowest BCUT2D eigenvalue weighted by atomic mass is 9.90. The second-order valence-corrected chi connectivity index (χ2v) is 3.57. The standard InChI is InChI=1S/C9H13NO2/c1-12-9(11)7-5-2-3-6(4-5)8(7)10/h2-3,5-8H,4,10H2,1H3/t5-,6+,7+,8+/m1/s1. The number of fused-ring (bicyclic) bond motifs is 2. The predicted octanol–water partition coefficient (Wildman–Crippen LogP) is 0.309. The average molecular weight is 167 g/mol. The van der Waals surface area contributed by atoms with Gasteiger partial charge in [-0.15, -0.1) is 0 Å². The zero-order valence-electron chi connectivity index (χ0n) is 7.07. The summed E-state index contributed by atoms with van der Waals surface area (Å²) in [6, 6.07) is -0.0209. The van der Waals surface area contributed by atoms with Crippen LogP contribution in [-0.4, -0.2) is 19.1 Å². The van der Waals surface area contributed by atoms with Crippen LogP contribution in [0.5, 0.6) is 0 Å². The molecule has 2 N–H and O–H groups in total. The normalized spacial score (nSPS) is 43.5. The Hall–Kier alpha value is -0.830. The molecule has 2 bridgehead atoms. The number of carbonyl (C=O) groups excluding carboxylic acids is 1. The number of ether oxygens (including phenoxy) is 1. The molecule has 66 valence electrons. The van der Waals surface area contributed by atoms with E-state index in [1.165, 1.54) is 7.11 Å². The van der Waals surface area contributed by atoms with E-state index in [9.17, 15) is 4.79 Å². The van der Waals surface area contributed by atoms with Gasteiger partial charge in [0, 0.05) is 6.04 Å². The number of nitrogens with two attached hydrogens (primary N) is 1. The fourth-order valence-corrected chi connectivity index (χ4v) is 2.33. The number of methoxy groups -OCH3 is 1. The van der Waals surface area contributed by atoms with Crippen molar-refractivity contribution in [1.82, 2.24) is 0 Å². The van der Waals surface area contributed by atoms with Gasteiger partial charge in [0.25, 0.3) is 0 Å². The first-order chi connectivity index (χ1) is 5.74. The highest BCUT2D eigenvalue weighted by atomic mass is 16.5. The van der Waals surface area contributed by atoms with Crippen LogP contribution in [0.1, 0.15) is 6.42 Å². The minimum absolute atomic E-state index is 0.0209. The first-order valence-electron chi connectivity index (χ1n) is 4.26. The second-order valence-electron chi connectivity index (χ2n) is 3.57. The number of hydrogen-bond acceptors (Lipinski definition) is 3. The first-order valence-corrected chi connectivity index (χ1v) is 4.26. The minimum Gasteiger partial charge on any atom is -0.469 e. The predicted molar refractivity (Wildman–Crippen MR) is 44.2 cm³/mol. The Morgan fingerprint density at radius 2 is 2.17 bits per heavy atom. The van der Waals surface area contributed by atoms with Gasteiger partial charge in [0.1, 0.15) is 0 Å². The minimum atomic E-state index is -0.153. The second kappa shape index (κ2) is 2.59. The molecular weight excluding hydrogens is 154 g/mol. The highest BCUT2D eigenvalue weighted by Crippen LogP contribution is 2.42. The summed E-state index contributed by atoms with van der Waals surface area (Å²) < 4.78 is 4.70. The Kier molecular flexibility index (Phi) is 1.68. The summed E-state index contributed by atoms with van der Waals surface area (Å²) in [7, 11) is 1.42. The van der Waals surface area contributed by atoms with Gasteiger partial charge >= 0.3 is 5.97 Å². The number of allylic oxidation sites excluding steroid dienone is 1. The molecule has 0 amide bonds. The molecule has 0 spiro atoms. The van der Waals surface area contributed by atoms with Crippen molar-refractivity contribution in [2.75, 3.05) is 7.11 Å². The molecule has 12 heavy (non-hydrogen) atoms. The van der Waals surface area contributed by atoms with E-state index in [1.54, 1.807) is 0 Å². The van der Waals surface area contributed by atoms with Crippen LogP contribution in [0.2, 0.25) is 0 Å². The van der Waals surface area contributed by atoms with E-state index in [4.69, 9.17) is 10.5 Å². The van der Waals surface area contributed by atoms with E-state index in [0.29, 0.717) is 11.8 Å². The lowest BCUT2D eigenvalue weighted by Crippen LogP contribution is -2.39. The number of rotatable bonds is 1. The van der Waals surface area contributed by atoms with Crippen LogP contribution in [0.4, 0.5) is 0 Å². The molecule has 0 aromatic heterocycles. The van der Waals surface area contributed by atoms with Gasteiger partial charge < -0.3 is 10.5 Å². The van der Waals surface area contributed by atoms with Crippen molar-refractivity contribution in [3.63, 3.8) is 0 Å². The van der Waals surface area contributed by atoms with Crippen molar-refractivity contribution >= 4 is 5.97 Å².